The molecule has 0 saturated heterocycles. The minimum Gasteiger partial charge on any atom is -0.298 e. The lowest BCUT2D eigenvalue weighted by Crippen LogP contribution is -2.11. The molecule has 1 unspecified atom stereocenters. The Kier molecular flexibility index (Phi) is 5.74. The number of benzene rings is 3. The Bertz CT molecular complexity index is 1290. The molecule has 0 radical (unpaired) electrons. The number of hydrogen-bond donors (Lipinski definition) is 0. The summed E-state index contributed by atoms with van der Waals surface area (Å²) in [5.41, 5.74) is 7.65. The highest BCUT2D eigenvalue weighted by Gasteiger charge is 2.21. The number of hydrogen-bond acceptors (Lipinski definition) is 2. The van der Waals surface area contributed by atoms with Gasteiger partial charge in [0.05, 0.1) is 12.7 Å². The molecule has 0 aliphatic heterocycles. The van der Waals surface area contributed by atoms with Gasteiger partial charge in [0.1, 0.15) is 0 Å². The van der Waals surface area contributed by atoms with E-state index in [9.17, 15) is 4.79 Å². The van der Waals surface area contributed by atoms with Crippen LogP contribution in [0.25, 0.3) is 5.57 Å². The zero-order valence-electron chi connectivity index (χ0n) is 17.6. The lowest BCUT2D eigenvalue weighted by molar-refractivity contribution is -0.103. The van der Waals surface area contributed by atoms with Crippen LogP contribution in [0.4, 0.5) is 0 Å². The van der Waals surface area contributed by atoms with Crippen molar-refractivity contribution >= 4 is 23.5 Å². The van der Waals surface area contributed by atoms with Crippen LogP contribution in [0.5, 0.6) is 0 Å². The SMILES string of the molecule is O=CC1=C(Cn2cc(C(c3ccccc3)c3cccc(Cl)c3)cn2)CCc2ccccc21. The monoisotopic (exact) mass is 438 g/mol. The quantitative estimate of drug-likeness (QED) is 0.330. The summed E-state index contributed by atoms with van der Waals surface area (Å²) in [5, 5.41) is 5.38. The molecule has 158 valence electrons. The highest BCUT2D eigenvalue weighted by molar-refractivity contribution is 6.30. The van der Waals surface area contributed by atoms with Gasteiger partial charge in [-0.05, 0) is 52.8 Å². The van der Waals surface area contributed by atoms with Crippen LogP contribution in [0.2, 0.25) is 5.02 Å². The number of nitrogens with zero attached hydrogens (tertiary/aromatic N) is 2. The first kappa shape index (κ1) is 20.5. The Balaban J connectivity index is 1.50. The first-order valence-corrected chi connectivity index (χ1v) is 11.2. The molecule has 0 amide bonds. The molecule has 0 N–H and O–H groups in total. The predicted molar refractivity (Wildman–Crippen MR) is 129 cm³/mol. The number of carbonyl (C=O) groups is 1. The summed E-state index contributed by atoms with van der Waals surface area (Å²) >= 11 is 6.31. The molecule has 0 saturated carbocycles. The smallest absolute Gasteiger partial charge is 0.150 e. The molecule has 0 bridgehead atoms. The maximum Gasteiger partial charge on any atom is 0.150 e. The third-order valence-corrected chi connectivity index (χ3v) is 6.39. The highest BCUT2D eigenvalue weighted by Crippen LogP contribution is 2.34. The van der Waals surface area contributed by atoms with E-state index in [2.05, 4.69) is 47.7 Å². The van der Waals surface area contributed by atoms with E-state index in [0.717, 1.165) is 52.0 Å². The third kappa shape index (κ3) is 4.04. The van der Waals surface area contributed by atoms with Crippen molar-refractivity contribution in [3.05, 3.63) is 130 Å². The van der Waals surface area contributed by atoms with Crippen molar-refractivity contribution in [2.75, 3.05) is 0 Å². The van der Waals surface area contributed by atoms with E-state index in [1.54, 1.807) is 0 Å². The zero-order valence-corrected chi connectivity index (χ0v) is 18.4. The fraction of sp³-hybridized carbons (Fsp3) is 0.143. The van der Waals surface area contributed by atoms with Crippen molar-refractivity contribution in [2.45, 2.75) is 25.3 Å². The largest absolute Gasteiger partial charge is 0.298 e. The molecule has 1 aliphatic carbocycles. The maximum absolute atomic E-state index is 11.9. The fourth-order valence-corrected chi connectivity index (χ4v) is 4.84. The van der Waals surface area contributed by atoms with Crippen LogP contribution in [0.1, 0.15) is 40.2 Å². The first-order chi connectivity index (χ1) is 15.7. The van der Waals surface area contributed by atoms with Gasteiger partial charge in [0.2, 0.25) is 0 Å². The summed E-state index contributed by atoms with van der Waals surface area (Å²) in [5.74, 6) is 0.0373. The molecule has 3 nitrogen and oxygen atoms in total. The molecule has 3 aromatic carbocycles. The van der Waals surface area contributed by atoms with Gasteiger partial charge in [0.25, 0.3) is 0 Å². The molecule has 0 fully saturated rings. The summed E-state index contributed by atoms with van der Waals surface area (Å²) < 4.78 is 1.95. The van der Waals surface area contributed by atoms with Crippen LogP contribution in [0, 0.1) is 0 Å². The van der Waals surface area contributed by atoms with Crippen LogP contribution in [0.15, 0.2) is 96.8 Å². The summed E-state index contributed by atoms with van der Waals surface area (Å²) in [4.78, 5) is 11.9. The van der Waals surface area contributed by atoms with Crippen molar-refractivity contribution in [1.82, 2.24) is 9.78 Å². The van der Waals surface area contributed by atoms with E-state index >= 15 is 0 Å². The van der Waals surface area contributed by atoms with Gasteiger partial charge in [0, 0.05) is 28.3 Å². The van der Waals surface area contributed by atoms with E-state index < -0.39 is 0 Å². The number of aryl methyl sites for hydroxylation is 1. The standard InChI is InChI=1S/C28H23ClN2O/c29-25-11-6-10-22(15-25)28(21-8-2-1-3-9-21)24-16-30-31(18-24)17-23-14-13-20-7-4-5-12-26(20)27(23)19-32/h1-12,15-16,18-19,28H,13-14,17H2. The molecule has 1 atom stereocenters. The van der Waals surface area contributed by atoms with E-state index in [1.807, 2.05) is 53.3 Å². The molecule has 4 heteroatoms. The topological polar surface area (TPSA) is 34.9 Å². The molecule has 32 heavy (non-hydrogen) atoms. The number of carbonyl (C=O) groups excluding carboxylic acids is 1. The normalized spacial score (nSPS) is 14.2. The Hall–Kier alpha value is -3.43. The second-order valence-electron chi connectivity index (χ2n) is 8.16. The van der Waals surface area contributed by atoms with Crippen LogP contribution in [-0.2, 0) is 17.8 Å². The number of rotatable bonds is 6. The molecule has 1 heterocycles. The number of allylic oxidation sites excluding steroid dienone is 2. The van der Waals surface area contributed by atoms with E-state index in [-0.39, 0.29) is 5.92 Å². The van der Waals surface area contributed by atoms with Crippen LogP contribution in [0.3, 0.4) is 0 Å². The summed E-state index contributed by atoms with van der Waals surface area (Å²) in [6.07, 6.45) is 6.84. The minimum absolute atomic E-state index is 0.0373. The molecule has 5 rings (SSSR count). The van der Waals surface area contributed by atoms with Crippen LogP contribution < -0.4 is 0 Å². The van der Waals surface area contributed by atoms with E-state index in [1.165, 1.54) is 11.1 Å². The zero-order chi connectivity index (χ0) is 21.9. The number of aldehydes is 1. The number of fused-ring (bicyclic) bond motifs is 1. The van der Waals surface area contributed by atoms with Crippen molar-refractivity contribution in [3.63, 3.8) is 0 Å². The minimum atomic E-state index is 0.0373. The molecule has 1 aliphatic rings. The van der Waals surface area contributed by atoms with E-state index in [0.29, 0.717) is 6.54 Å². The van der Waals surface area contributed by atoms with Gasteiger partial charge >= 0.3 is 0 Å². The third-order valence-electron chi connectivity index (χ3n) is 6.16. The summed E-state index contributed by atoms with van der Waals surface area (Å²) in [6.45, 7) is 0.611. The van der Waals surface area contributed by atoms with Gasteiger partial charge in [-0.2, -0.15) is 5.10 Å². The number of aromatic nitrogens is 2. The average molecular weight is 439 g/mol. The first-order valence-electron chi connectivity index (χ1n) is 10.8. The lowest BCUT2D eigenvalue weighted by Gasteiger charge is -2.20. The van der Waals surface area contributed by atoms with Crippen LogP contribution in [-0.4, -0.2) is 16.1 Å². The molecular formula is C28H23ClN2O. The highest BCUT2D eigenvalue weighted by atomic mass is 35.5. The summed E-state index contributed by atoms with van der Waals surface area (Å²) in [6, 6.07) is 26.6. The van der Waals surface area contributed by atoms with Gasteiger partial charge in [-0.15, -0.1) is 0 Å². The van der Waals surface area contributed by atoms with Crippen molar-refractivity contribution in [1.29, 1.82) is 0 Å². The van der Waals surface area contributed by atoms with Gasteiger partial charge in [-0.25, -0.2) is 0 Å². The Labute approximate surface area is 193 Å². The molecule has 0 spiro atoms. The maximum atomic E-state index is 11.9. The van der Waals surface area contributed by atoms with E-state index in [4.69, 9.17) is 11.6 Å². The van der Waals surface area contributed by atoms with Gasteiger partial charge in [-0.1, -0.05) is 78.3 Å². The fourth-order valence-electron chi connectivity index (χ4n) is 4.64. The van der Waals surface area contributed by atoms with Crippen molar-refractivity contribution in [2.24, 2.45) is 0 Å². The molecule has 1 aromatic heterocycles. The van der Waals surface area contributed by atoms with Crippen molar-refractivity contribution < 1.29 is 4.79 Å². The predicted octanol–water partition coefficient (Wildman–Crippen LogP) is 6.32. The second-order valence-corrected chi connectivity index (χ2v) is 8.60. The lowest BCUT2D eigenvalue weighted by atomic mass is 9.86. The van der Waals surface area contributed by atoms with Gasteiger partial charge in [0.15, 0.2) is 6.29 Å². The Morgan fingerprint density at radius 1 is 0.906 bits per heavy atom. The van der Waals surface area contributed by atoms with Gasteiger partial charge < -0.3 is 0 Å². The average Bonchev–Trinajstić information content (AvgIpc) is 3.28. The Morgan fingerprint density at radius 3 is 2.50 bits per heavy atom. The molecular weight excluding hydrogens is 416 g/mol. The molecule has 4 aromatic rings. The second kappa shape index (κ2) is 8.97. The van der Waals surface area contributed by atoms with Crippen molar-refractivity contribution in [3.8, 4) is 0 Å². The van der Waals surface area contributed by atoms with Gasteiger partial charge in [-0.3, -0.25) is 9.48 Å². The Morgan fingerprint density at radius 2 is 1.69 bits per heavy atom. The summed E-state index contributed by atoms with van der Waals surface area (Å²) in [7, 11) is 0. The number of halogens is 1. The van der Waals surface area contributed by atoms with Crippen LogP contribution >= 0.6 is 11.6 Å².